The van der Waals surface area contributed by atoms with Crippen molar-refractivity contribution in [2.75, 3.05) is 5.32 Å². The Kier molecular flexibility index (Phi) is 6.21. The van der Waals surface area contributed by atoms with Gasteiger partial charge in [-0.2, -0.15) is 0 Å². The van der Waals surface area contributed by atoms with Crippen molar-refractivity contribution >= 4 is 24.3 Å². The number of hydrogen-bond donors (Lipinski definition) is 1. The Balaban J connectivity index is 1.89. The zero-order chi connectivity index (χ0) is 25.4. The van der Waals surface area contributed by atoms with Gasteiger partial charge in [-0.15, -0.1) is 0 Å². The quantitative estimate of drug-likeness (QED) is 0.461. The predicted octanol–water partition coefficient (Wildman–Crippen LogP) is 5.72. The van der Waals surface area contributed by atoms with E-state index >= 15 is 0 Å². The van der Waals surface area contributed by atoms with E-state index in [0.29, 0.717) is 12.0 Å². The molecule has 1 unspecified atom stereocenters. The number of para-hydroxylation sites is 1. The SMILES string of the molecule is C=c1/c(=C\C=C/C)c(C2(C3=C(C)Nc4ccccc4C3)OC(=O)c3ccccc32)c(C)n1CCCC. The van der Waals surface area contributed by atoms with Crippen LogP contribution in [0.2, 0.25) is 0 Å². The van der Waals surface area contributed by atoms with Crippen LogP contribution in [0.1, 0.15) is 66.4 Å². The first-order valence-electron chi connectivity index (χ1n) is 12.8. The van der Waals surface area contributed by atoms with Gasteiger partial charge in [-0.05, 0) is 44.9 Å². The summed E-state index contributed by atoms with van der Waals surface area (Å²) >= 11 is 0. The average Bonchev–Trinajstić information content (AvgIpc) is 3.31. The molecule has 184 valence electrons. The van der Waals surface area contributed by atoms with Crippen molar-refractivity contribution in [2.45, 2.75) is 59.1 Å². The number of cyclic esters (lactones) is 1. The molecule has 0 aliphatic carbocycles. The van der Waals surface area contributed by atoms with E-state index in [-0.39, 0.29) is 5.97 Å². The molecule has 0 saturated carbocycles. The summed E-state index contributed by atoms with van der Waals surface area (Å²) in [4.78, 5) is 13.4. The molecule has 0 bridgehead atoms. The lowest BCUT2D eigenvalue weighted by Crippen LogP contribution is -2.40. The zero-order valence-corrected chi connectivity index (χ0v) is 21.7. The summed E-state index contributed by atoms with van der Waals surface area (Å²) in [5.74, 6) is -0.284. The van der Waals surface area contributed by atoms with E-state index in [9.17, 15) is 4.79 Å². The Labute approximate surface area is 213 Å². The van der Waals surface area contributed by atoms with E-state index in [4.69, 9.17) is 4.74 Å². The topological polar surface area (TPSA) is 43.3 Å². The minimum atomic E-state index is -1.04. The van der Waals surface area contributed by atoms with Crippen LogP contribution in [-0.4, -0.2) is 10.5 Å². The summed E-state index contributed by atoms with van der Waals surface area (Å²) in [5.41, 5.74) is 6.95. The highest BCUT2D eigenvalue weighted by molar-refractivity contribution is 5.96. The van der Waals surface area contributed by atoms with E-state index in [1.165, 1.54) is 5.56 Å². The van der Waals surface area contributed by atoms with Crippen molar-refractivity contribution < 1.29 is 9.53 Å². The zero-order valence-electron chi connectivity index (χ0n) is 21.7. The normalized spacial score (nSPS) is 19.4. The van der Waals surface area contributed by atoms with Gasteiger partial charge in [-0.3, -0.25) is 0 Å². The Morgan fingerprint density at radius 3 is 2.67 bits per heavy atom. The summed E-state index contributed by atoms with van der Waals surface area (Å²) in [6.45, 7) is 13.8. The van der Waals surface area contributed by atoms with Crippen molar-refractivity contribution in [3.05, 3.63) is 110 Å². The molecule has 36 heavy (non-hydrogen) atoms. The molecule has 2 aliphatic rings. The fraction of sp³-hybridized carbons (Fsp3) is 0.281. The Morgan fingerprint density at radius 2 is 1.89 bits per heavy atom. The molecule has 5 rings (SSSR count). The number of esters is 1. The maximum Gasteiger partial charge on any atom is 0.340 e. The van der Waals surface area contributed by atoms with Gasteiger partial charge in [0.05, 0.1) is 5.56 Å². The standard InChI is InChI=1S/C32H34N2O2/c1-6-8-15-25-22(4)34(19-9-7-2)23(5)30(25)32(27-17-12-11-16-26(27)31(35)36-32)28-20-24-14-10-13-18-29(24)33-21(28)3/h6,8,10-18,33H,4,7,9,19-20H2,1-3,5H3/b8-6-,25-15+. The van der Waals surface area contributed by atoms with Crippen molar-refractivity contribution in [1.29, 1.82) is 0 Å². The highest BCUT2D eigenvalue weighted by Gasteiger charge is 2.53. The van der Waals surface area contributed by atoms with Gasteiger partial charge in [0.2, 0.25) is 0 Å². The van der Waals surface area contributed by atoms with Gasteiger partial charge < -0.3 is 14.6 Å². The average molecular weight is 479 g/mol. The lowest BCUT2D eigenvalue weighted by Gasteiger charge is -2.37. The first-order valence-corrected chi connectivity index (χ1v) is 12.8. The second kappa shape index (κ2) is 9.34. The molecular formula is C32H34N2O2. The molecule has 3 aromatic rings. The molecule has 2 aromatic carbocycles. The molecule has 1 N–H and O–H groups in total. The number of fused-ring (bicyclic) bond motifs is 2. The number of allylic oxidation sites excluding steroid dienone is 3. The monoisotopic (exact) mass is 478 g/mol. The number of aromatic nitrogens is 1. The van der Waals surface area contributed by atoms with Crippen LogP contribution in [-0.2, 0) is 23.3 Å². The molecule has 0 radical (unpaired) electrons. The molecule has 0 spiro atoms. The van der Waals surface area contributed by atoms with Crippen LogP contribution in [0.5, 0.6) is 0 Å². The largest absolute Gasteiger partial charge is 0.441 e. The fourth-order valence-electron chi connectivity index (χ4n) is 5.82. The Morgan fingerprint density at radius 1 is 1.14 bits per heavy atom. The second-order valence-corrected chi connectivity index (χ2v) is 9.70. The van der Waals surface area contributed by atoms with Gasteiger partial charge in [0.1, 0.15) is 0 Å². The lowest BCUT2D eigenvalue weighted by atomic mass is 9.74. The molecule has 1 atom stereocenters. The van der Waals surface area contributed by atoms with Crippen molar-refractivity contribution in [3.8, 4) is 0 Å². The number of ether oxygens (including phenoxy) is 1. The van der Waals surface area contributed by atoms with E-state index in [1.54, 1.807) is 0 Å². The molecule has 0 saturated heterocycles. The van der Waals surface area contributed by atoms with Gasteiger partial charge in [0.15, 0.2) is 5.60 Å². The smallest absolute Gasteiger partial charge is 0.340 e. The fourth-order valence-corrected chi connectivity index (χ4v) is 5.82. The molecule has 0 amide bonds. The lowest BCUT2D eigenvalue weighted by molar-refractivity contribution is 0.0224. The molecule has 1 aromatic heterocycles. The third-order valence-electron chi connectivity index (χ3n) is 7.57. The van der Waals surface area contributed by atoms with Crippen LogP contribution < -0.4 is 15.9 Å². The Bertz CT molecular complexity index is 1520. The van der Waals surface area contributed by atoms with Crippen LogP contribution in [0.4, 0.5) is 5.69 Å². The maximum absolute atomic E-state index is 13.4. The number of nitrogens with one attached hydrogen (secondary N) is 1. The van der Waals surface area contributed by atoms with Crippen LogP contribution in [0.15, 0.2) is 72.0 Å². The predicted molar refractivity (Wildman–Crippen MR) is 147 cm³/mol. The first-order chi connectivity index (χ1) is 17.4. The van der Waals surface area contributed by atoms with Gasteiger partial charge in [-0.1, -0.05) is 74.5 Å². The van der Waals surface area contributed by atoms with Gasteiger partial charge in [-0.25, -0.2) is 4.79 Å². The molecule has 4 heteroatoms. The Hall–Kier alpha value is -3.79. The summed E-state index contributed by atoms with van der Waals surface area (Å²) < 4.78 is 8.88. The van der Waals surface area contributed by atoms with E-state index in [2.05, 4.69) is 61.5 Å². The minimum Gasteiger partial charge on any atom is -0.441 e. The third kappa shape index (κ3) is 3.55. The van der Waals surface area contributed by atoms with Crippen LogP contribution in [0.3, 0.4) is 0 Å². The number of carbonyl (C=O) groups excluding carboxylic acids is 1. The number of hydrogen-bond acceptors (Lipinski definition) is 3. The van der Waals surface area contributed by atoms with Gasteiger partial charge in [0, 0.05) is 57.3 Å². The highest BCUT2D eigenvalue weighted by Crippen LogP contribution is 2.50. The molecule has 4 nitrogen and oxygen atoms in total. The number of carbonyl (C=O) groups is 1. The van der Waals surface area contributed by atoms with E-state index in [1.807, 2.05) is 49.4 Å². The molecule has 3 heterocycles. The summed E-state index contributed by atoms with van der Waals surface area (Å²) in [6.07, 6.45) is 9.01. The highest BCUT2D eigenvalue weighted by atomic mass is 16.6. The summed E-state index contributed by atoms with van der Waals surface area (Å²) in [6, 6.07) is 16.2. The van der Waals surface area contributed by atoms with E-state index < -0.39 is 5.60 Å². The molecular weight excluding hydrogens is 444 g/mol. The number of rotatable bonds is 6. The summed E-state index contributed by atoms with van der Waals surface area (Å²) in [5, 5.41) is 5.58. The molecule has 2 aliphatic heterocycles. The van der Waals surface area contributed by atoms with Crippen LogP contribution in [0, 0.1) is 6.92 Å². The van der Waals surface area contributed by atoms with E-state index in [0.717, 1.165) is 63.7 Å². The summed E-state index contributed by atoms with van der Waals surface area (Å²) in [7, 11) is 0. The first kappa shape index (κ1) is 23.9. The second-order valence-electron chi connectivity index (χ2n) is 9.70. The number of anilines is 1. The van der Waals surface area contributed by atoms with Crippen molar-refractivity contribution in [2.24, 2.45) is 0 Å². The number of unbranched alkanes of at least 4 members (excludes halogenated alkanes) is 1. The number of nitrogens with zero attached hydrogens (tertiary/aromatic N) is 1. The third-order valence-corrected chi connectivity index (χ3v) is 7.57. The van der Waals surface area contributed by atoms with Crippen molar-refractivity contribution in [3.63, 3.8) is 0 Å². The van der Waals surface area contributed by atoms with Crippen LogP contribution in [0.25, 0.3) is 12.7 Å². The maximum atomic E-state index is 13.4. The number of benzene rings is 2. The molecule has 0 fully saturated rings. The minimum absolute atomic E-state index is 0.284. The van der Waals surface area contributed by atoms with Gasteiger partial charge >= 0.3 is 5.97 Å². The van der Waals surface area contributed by atoms with Crippen LogP contribution >= 0.6 is 0 Å². The van der Waals surface area contributed by atoms with Gasteiger partial charge in [0.25, 0.3) is 0 Å². The van der Waals surface area contributed by atoms with Crippen molar-refractivity contribution in [1.82, 2.24) is 4.57 Å².